The van der Waals surface area contributed by atoms with Crippen LogP contribution in [0.1, 0.15) is 37.1 Å². The van der Waals surface area contributed by atoms with E-state index in [1.807, 2.05) is 18.2 Å². The SMILES string of the molecule is NC1C2CCCC1CC(C(=O)NCc1nc3ccccc3s1)C2. The maximum absolute atomic E-state index is 12.5. The highest BCUT2D eigenvalue weighted by Gasteiger charge is 2.40. The molecule has 0 aliphatic heterocycles. The molecule has 4 rings (SSSR count). The second-order valence-electron chi connectivity index (χ2n) is 6.99. The zero-order chi connectivity index (χ0) is 15.8. The average molecular weight is 329 g/mol. The van der Waals surface area contributed by atoms with Crippen molar-refractivity contribution in [3.63, 3.8) is 0 Å². The predicted molar refractivity (Wildman–Crippen MR) is 93.0 cm³/mol. The first-order chi connectivity index (χ1) is 11.2. The standard InChI is InChI=1S/C18H23N3OS/c19-17-11-4-3-5-12(17)9-13(8-11)18(22)20-10-16-21-14-6-1-2-7-15(14)23-16/h1-2,6-7,11-13,17H,3-5,8-10,19H2,(H,20,22). The number of carbonyl (C=O) groups is 1. The van der Waals surface area contributed by atoms with Gasteiger partial charge in [-0.05, 0) is 49.7 Å². The molecule has 0 radical (unpaired) electrons. The van der Waals surface area contributed by atoms with Crippen LogP contribution >= 0.6 is 11.3 Å². The van der Waals surface area contributed by atoms with Crippen molar-refractivity contribution >= 4 is 27.5 Å². The third-order valence-corrected chi connectivity index (χ3v) is 6.57. The van der Waals surface area contributed by atoms with Crippen LogP contribution in [-0.4, -0.2) is 16.9 Å². The fourth-order valence-electron chi connectivity index (χ4n) is 4.31. The maximum atomic E-state index is 12.5. The zero-order valence-corrected chi connectivity index (χ0v) is 14.0. The van der Waals surface area contributed by atoms with Crippen LogP contribution in [0.4, 0.5) is 0 Å². The molecule has 2 aliphatic carbocycles. The van der Waals surface area contributed by atoms with Crippen molar-refractivity contribution in [2.45, 2.75) is 44.7 Å². The molecule has 2 saturated carbocycles. The molecule has 2 aromatic rings. The highest BCUT2D eigenvalue weighted by Crippen LogP contribution is 2.41. The maximum Gasteiger partial charge on any atom is 0.223 e. The van der Waals surface area contributed by atoms with Crippen molar-refractivity contribution in [3.8, 4) is 0 Å². The van der Waals surface area contributed by atoms with E-state index in [1.54, 1.807) is 11.3 Å². The van der Waals surface area contributed by atoms with E-state index in [0.717, 1.165) is 23.4 Å². The van der Waals surface area contributed by atoms with Crippen molar-refractivity contribution in [1.82, 2.24) is 10.3 Å². The lowest BCUT2D eigenvalue weighted by molar-refractivity contribution is -0.128. The van der Waals surface area contributed by atoms with Crippen LogP contribution in [0.3, 0.4) is 0 Å². The first kappa shape index (κ1) is 15.1. The highest BCUT2D eigenvalue weighted by atomic mass is 32.1. The number of thiazole rings is 1. The van der Waals surface area contributed by atoms with Gasteiger partial charge in [0, 0.05) is 12.0 Å². The zero-order valence-electron chi connectivity index (χ0n) is 13.2. The molecular formula is C18H23N3OS. The highest BCUT2D eigenvalue weighted by molar-refractivity contribution is 7.18. The number of benzene rings is 1. The van der Waals surface area contributed by atoms with Gasteiger partial charge in [0.25, 0.3) is 0 Å². The summed E-state index contributed by atoms with van der Waals surface area (Å²) in [6.07, 6.45) is 5.59. The van der Waals surface area contributed by atoms with Crippen LogP contribution in [-0.2, 0) is 11.3 Å². The summed E-state index contributed by atoms with van der Waals surface area (Å²) in [4.78, 5) is 17.1. The Labute approximate surface area is 140 Å². The Hall–Kier alpha value is -1.46. The quantitative estimate of drug-likeness (QED) is 0.909. The first-order valence-corrected chi connectivity index (χ1v) is 9.40. The number of nitrogens with one attached hydrogen (secondary N) is 1. The molecule has 1 amide bonds. The van der Waals surface area contributed by atoms with Crippen LogP contribution < -0.4 is 11.1 Å². The fourth-order valence-corrected chi connectivity index (χ4v) is 5.21. The second kappa shape index (κ2) is 6.21. The average Bonchev–Trinajstić information content (AvgIpc) is 2.95. The smallest absolute Gasteiger partial charge is 0.223 e. The van der Waals surface area contributed by atoms with Crippen molar-refractivity contribution in [3.05, 3.63) is 29.3 Å². The Kier molecular flexibility index (Phi) is 4.07. The lowest BCUT2D eigenvalue weighted by atomic mass is 9.65. The Balaban J connectivity index is 1.38. The minimum Gasteiger partial charge on any atom is -0.349 e. The molecule has 1 aromatic carbocycles. The summed E-state index contributed by atoms with van der Waals surface area (Å²) in [6.45, 7) is 0.538. The number of para-hydroxylation sites is 1. The summed E-state index contributed by atoms with van der Waals surface area (Å²) >= 11 is 1.66. The molecule has 2 fully saturated rings. The molecule has 2 atom stereocenters. The van der Waals surface area contributed by atoms with Gasteiger partial charge in [-0.1, -0.05) is 18.6 Å². The van der Waals surface area contributed by atoms with E-state index in [-0.39, 0.29) is 11.8 Å². The van der Waals surface area contributed by atoms with Gasteiger partial charge in [-0.2, -0.15) is 0 Å². The Bertz CT molecular complexity index is 666. The number of fused-ring (bicyclic) bond motifs is 3. The molecule has 0 saturated heterocycles. The van der Waals surface area contributed by atoms with E-state index < -0.39 is 0 Å². The number of hydrogen-bond acceptors (Lipinski definition) is 4. The summed E-state index contributed by atoms with van der Waals surface area (Å²) in [7, 11) is 0. The Morgan fingerprint density at radius 1 is 1.26 bits per heavy atom. The summed E-state index contributed by atoms with van der Waals surface area (Å²) < 4.78 is 1.18. The number of aromatic nitrogens is 1. The van der Waals surface area contributed by atoms with Crippen molar-refractivity contribution < 1.29 is 4.79 Å². The van der Waals surface area contributed by atoms with E-state index >= 15 is 0 Å². The fraction of sp³-hybridized carbons (Fsp3) is 0.556. The van der Waals surface area contributed by atoms with Crippen molar-refractivity contribution in [1.29, 1.82) is 0 Å². The van der Waals surface area contributed by atoms with Crippen molar-refractivity contribution in [2.24, 2.45) is 23.5 Å². The van der Waals surface area contributed by atoms with E-state index in [1.165, 1.54) is 24.0 Å². The number of amides is 1. The molecule has 5 heteroatoms. The summed E-state index contributed by atoms with van der Waals surface area (Å²) in [5.74, 6) is 1.41. The summed E-state index contributed by atoms with van der Waals surface area (Å²) in [6, 6.07) is 8.42. The van der Waals surface area contributed by atoms with Crippen LogP contribution in [0.25, 0.3) is 10.2 Å². The summed E-state index contributed by atoms with van der Waals surface area (Å²) in [5.41, 5.74) is 7.33. The van der Waals surface area contributed by atoms with E-state index in [2.05, 4.69) is 16.4 Å². The summed E-state index contributed by atoms with van der Waals surface area (Å²) in [5, 5.41) is 4.08. The molecule has 1 aromatic heterocycles. The molecule has 2 aliphatic rings. The molecule has 2 bridgehead atoms. The number of rotatable bonds is 3. The Morgan fingerprint density at radius 2 is 2.00 bits per heavy atom. The van der Waals surface area contributed by atoms with Crippen LogP contribution in [0.15, 0.2) is 24.3 Å². The van der Waals surface area contributed by atoms with Gasteiger partial charge in [-0.25, -0.2) is 4.98 Å². The van der Waals surface area contributed by atoms with Gasteiger partial charge >= 0.3 is 0 Å². The van der Waals surface area contributed by atoms with Gasteiger partial charge in [0.2, 0.25) is 5.91 Å². The Morgan fingerprint density at radius 3 is 2.74 bits per heavy atom. The molecule has 1 heterocycles. The van der Waals surface area contributed by atoms with Crippen molar-refractivity contribution in [2.75, 3.05) is 0 Å². The molecular weight excluding hydrogens is 306 g/mol. The molecule has 0 spiro atoms. The minimum absolute atomic E-state index is 0.138. The topological polar surface area (TPSA) is 68.0 Å². The molecule has 2 unspecified atom stereocenters. The monoisotopic (exact) mass is 329 g/mol. The normalized spacial score (nSPS) is 30.3. The molecule has 23 heavy (non-hydrogen) atoms. The van der Waals surface area contributed by atoms with Gasteiger partial charge < -0.3 is 11.1 Å². The van der Waals surface area contributed by atoms with Crippen LogP contribution in [0.5, 0.6) is 0 Å². The van der Waals surface area contributed by atoms with E-state index in [9.17, 15) is 4.79 Å². The second-order valence-corrected chi connectivity index (χ2v) is 8.11. The van der Waals surface area contributed by atoms with Gasteiger partial charge in [-0.15, -0.1) is 11.3 Å². The lowest BCUT2D eigenvalue weighted by Crippen LogP contribution is -2.49. The van der Waals surface area contributed by atoms with Crippen LogP contribution in [0, 0.1) is 17.8 Å². The number of nitrogens with two attached hydrogens (primary N) is 1. The number of nitrogens with zero attached hydrogens (tertiary/aromatic N) is 1. The third-order valence-electron chi connectivity index (χ3n) is 5.54. The van der Waals surface area contributed by atoms with Gasteiger partial charge in [-0.3, -0.25) is 4.79 Å². The largest absolute Gasteiger partial charge is 0.349 e. The van der Waals surface area contributed by atoms with Gasteiger partial charge in [0.1, 0.15) is 5.01 Å². The number of hydrogen-bond donors (Lipinski definition) is 2. The van der Waals surface area contributed by atoms with Gasteiger partial charge in [0.15, 0.2) is 0 Å². The predicted octanol–water partition coefficient (Wildman–Crippen LogP) is 3.07. The third kappa shape index (κ3) is 3.00. The first-order valence-electron chi connectivity index (χ1n) is 8.58. The van der Waals surface area contributed by atoms with Gasteiger partial charge in [0.05, 0.1) is 16.8 Å². The molecule has 4 nitrogen and oxygen atoms in total. The van der Waals surface area contributed by atoms with E-state index in [0.29, 0.717) is 24.4 Å². The molecule has 3 N–H and O–H groups in total. The van der Waals surface area contributed by atoms with Crippen LogP contribution in [0.2, 0.25) is 0 Å². The lowest BCUT2D eigenvalue weighted by Gasteiger charge is -2.43. The minimum atomic E-state index is 0.138. The van der Waals surface area contributed by atoms with E-state index in [4.69, 9.17) is 5.73 Å². The molecule has 122 valence electrons. The number of carbonyl (C=O) groups excluding carboxylic acids is 1.